The molecule has 2 atom stereocenters. The summed E-state index contributed by atoms with van der Waals surface area (Å²) in [5, 5.41) is 2.99. The summed E-state index contributed by atoms with van der Waals surface area (Å²) < 4.78 is 37.1. The number of sulfonamides is 1. The van der Waals surface area contributed by atoms with Crippen LogP contribution in [0.3, 0.4) is 0 Å². The van der Waals surface area contributed by atoms with Crippen molar-refractivity contribution in [2.75, 3.05) is 24.8 Å². The molecule has 0 heterocycles. The predicted octanol–water partition coefficient (Wildman–Crippen LogP) is 3.74. The molecule has 0 saturated carbocycles. The van der Waals surface area contributed by atoms with Crippen molar-refractivity contribution in [2.45, 2.75) is 46.2 Å². The van der Waals surface area contributed by atoms with Gasteiger partial charge in [-0.15, -0.1) is 0 Å². The van der Waals surface area contributed by atoms with E-state index < -0.39 is 16.1 Å². The molecule has 0 aliphatic carbocycles. The van der Waals surface area contributed by atoms with Crippen LogP contribution in [0.1, 0.15) is 43.0 Å². The molecule has 0 aromatic heterocycles. The Hall–Kier alpha value is -2.74. The number of amides is 1. The summed E-state index contributed by atoms with van der Waals surface area (Å²) in [6, 6.07) is 9.77. The van der Waals surface area contributed by atoms with Gasteiger partial charge in [0.1, 0.15) is 6.04 Å². The maximum Gasteiger partial charge on any atom is 0.244 e. The molecular weight excluding hydrogens is 416 g/mol. The highest BCUT2D eigenvalue weighted by Crippen LogP contribution is 2.31. The molecule has 170 valence electrons. The van der Waals surface area contributed by atoms with Gasteiger partial charge in [0.05, 0.1) is 32.2 Å². The van der Waals surface area contributed by atoms with Crippen molar-refractivity contribution in [2.24, 2.45) is 0 Å². The van der Waals surface area contributed by atoms with Crippen molar-refractivity contribution in [1.82, 2.24) is 5.32 Å². The maximum absolute atomic E-state index is 13.1. The van der Waals surface area contributed by atoms with Crippen LogP contribution in [0.5, 0.6) is 11.5 Å². The summed E-state index contributed by atoms with van der Waals surface area (Å²) in [6.45, 7) is 7.26. The highest BCUT2D eigenvalue weighted by Gasteiger charge is 2.31. The maximum atomic E-state index is 13.1. The molecule has 0 spiro atoms. The summed E-state index contributed by atoms with van der Waals surface area (Å²) in [6.07, 6.45) is 1.74. The van der Waals surface area contributed by atoms with Crippen molar-refractivity contribution in [3.63, 3.8) is 0 Å². The van der Waals surface area contributed by atoms with E-state index in [1.54, 1.807) is 33.3 Å². The fourth-order valence-electron chi connectivity index (χ4n) is 3.52. The Kier molecular flexibility index (Phi) is 7.95. The first-order valence-corrected chi connectivity index (χ1v) is 12.0. The fraction of sp³-hybridized carbons (Fsp3) is 0.435. The largest absolute Gasteiger partial charge is 0.493 e. The topological polar surface area (TPSA) is 84.9 Å². The number of nitrogens with zero attached hydrogens (tertiary/aromatic N) is 1. The third-order valence-corrected chi connectivity index (χ3v) is 6.45. The molecule has 2 rings (SSSR count). The summed E-state index contributed by atoms with van der Waals surface area (Å²) >= 11 is 0. The zero-order valence-corrected chi connectivity index (χ0v) is 20.0. The van der Waals surface area contributed by atoms with Crippen LogP contribution in [-0.4, -0.2) is 40.8 Å². The molecule has 0 aliphatic rings. The second-order valence-electron chi connectivity index (χ2n) is 7.61. The lowest BCUT2D eigenvalue weighted by atomic mass is 10.0. The monoisotopic (exact) mass is 448 g/mol. The summed E-state index contributed by atoms with van der Waals surface area (Å²) in [7, 11) is -0.579. The van der Waals surface area contributed by atoms with Gasteiger partial charge in [0.25, 0.3) is 0 Å². The Morgan fingerprint density at radius 2 is 1.71 bits per heavy atom. The number of benzene rings is 2. The zero-order valence-electron chi connectivity index (χ0n) is 19.2. The van der Waals surface area contributed by atoms with Gasteiger partial charge in [-0.2, -0.15) is 0 Å². The predicted molar refractivity (Wildman–Crippen MR) is 123 cm³/mol. The van der Waals surface area contributed by atoms with Crippen LogP contribution >= 0.6 is 0 Å². The van der Waals surface area contributed by atoms with Crippen LogP contribution in [0.25, 0.3) is 0 Å². The number of carbonyl (C=O) groups excluding carboxylic acids is 1. The summed E-state index contributed by atoms with van der Waals surface area (Å²) in [5.74, 6) is 0.779. The van der Waals surface area contributed by atoms with E-state index in [0.717, 1.165) is 22.9 Å². The molecule has 0 fully saturated rings. The van der Waals surface area contributed by atoms with E-state index in [9.17, 15) is 13.2 Å². The van der Waals surface area contributed by atoms with Crippen LogP contribution in [0, 0.1) is 13.8 Å². The van der Waals surface area contributed by atoms with E-state index in [-0.39, 0.29) is 11.9 Å². The number of aryl methyl sites for hydroxylation is 2. The molecule has 0 radical (unpaired) electrons. The number of hydrogen-bond acceptors (Lipinski definition) is 5. The molecule has 1 N–H and O–H groups in total. The molecule has 0 bridgehead atoms. The van der Waals surface area contributed by atoms with Crippen LogP contribution in [0.4, 0.5) is 5.69 Å². The van der Waals surface area contributed by atoms with E-state index in [2.05, 4.69) is 5.32 Å². The molecule has 2 aromatic rings. The number of anilines is 1. The van der Waals surface area contributed by atoms with Gasteiger partial charge >= 0.3 is 0 Å². The van der Waals surface area contributed by atoms with Crippen LogP contribution < -0.4 is 19.1 Å². The van der Waals surface area contributed by atoms with E-state index in [0.29, 0.717) is 23.6 Å². The summed E-state index contributed by atoms with van der Waals surface area (Å²) in [4.78, 5) is 13.1. The Balaban J connectivity index is 2.35. The highest BCUT2D eigenvalue weighted by atomic mass is 32.2. The first-order valence-electron chi connectivity index (χ1n) is 10.1. The van der Waals surface area contributed by atoms with Gasteiger partial charge in [-0.25, -0.2) is 8.42 Å². The molecule has 1 amide bonds. The average Bonchev–Trinajstić information content (AvgIpc) is 2.72. The lowest BCUT2D eigenvalue weighted by molar-refractivity contribution is -0.122. The minimum absolute atomic E-state index is 0.310. The van der Waals surface area contributed by atoms with E-state index in [1.165, 1.54) is 4.31 Å². The third kappa shape index (κ3) is 5.70. The van der Waals surface area contributed by atoms with Crippen molar-refractivity contribution in [3.8, 4) is 11.5 Å². The Labute approximate surface area is 185 Å². The quantitative estimate of drug-likeness (QED) is 0.632. The average molecular weight is 449 g/mol. The van der Waals surface area contributed by atoms with Gasteiger partial charge in [-0.05, 0) is 62.1 Å². The standard InChI is InChI=1S/C23H32N2O5S/c1-8-19(18-11-12-21(29-5)22(14-18)30-6)24-23(26)17(4)25(31(7,27)28)20-13-15(2)9-10-16(20)3/h9-14,17,19H,8H2,1-7H3,(H,24,26). The molecule has 7 nitrogen and oxygen atoms in total. The number of ether oxygens (including phenoxy) is 2. The van der Waals surface area contributed by atoms with E-state index in [4.69, 9.17) is 9.47 Å². The number of rotatable bonds is 9. The normalized spacial score (nSPS) is 13.3. The van der Waals surface area contributed by atoms with Crippen LogP contribution in [0.15, 0.2) is 36.4 Å². The number of hydrogen-bond donors (Lipinski definition) is 1. The smallest absolute Gasteiger partial charge is 0.244 e. The molecule has 0 aliphatic heterocycles. The van der Waals surface area contributed by atoms with Gasteiger partial charge in [-0.3, -0.25) is 9.10 Å². The molecular formula is C23H32N2O5S. The third-order valence-electron chi connectivity index (χ3n) is 5.23. The van der Waals surface area contributed by atoms with Crippen molar-refractivity contribution in [3.05, 3.63) is 53.1 Å². The van der Waals surface area contributed by atoms with Gasteiger partial charge in [0.2, 0.25) is 15.9 Å². The number of methoxy groups -OCH3 is 2. The SMILES string of the molecule is CCC(NC(=O)C(C)N(c1cc(C)ccc1C)S(C)(=O)=O)c1ccc(OC)c(OC)c1. The molecule has 31 heavy (non-hydrogen) atoms. The van der Waals surface area contributed by atoms with Gasteiger partial charge in [0, 0.05) is 0 Å². The first-order chi connectivity index (χ1) is 14.5. The van der Waals surface area contributed by atoms with E-state index in [1.807, 2.05) is 45.0 Å². The van der Waals surface area contributed by atoms with E-state index >= 15 is 0 Å². The molecule has 8 heteroatoms. The Bertz CT molecular complexity index is 1040. The van der Waals surface area contributed by atoms with Gasteiger partial charge in [0.15, 0.2) is 11.5 Å². The van der Waals surface area contributed by atoms with Crippen molar-refractivity contribution < 1.29 is 22.7 Å². The molecule has 2 unspecified atom stereocenters. The second-order valence-corrected chi connectivity index (χ2v) is 9.47. The minimum atomic E-state index is -3.69. The lowest BCUT2D eigenvalue weighted by Crippen LogP contribution is -2.48. The van der Waals surface area contributed by atoms with Gasteiger partial charge in [-0.1, -0.05) is 25.1 Å². The lowest BCUT2D eigenvalue weighted by Gasteiger charge is -2.31. The summed E-state index contributed by atoms with van der Waals surface area (Å²) in [5.41, 5.74) is 3.05. The number of nitrogens with one attached hydrogen (secondary N) is 1. The first kappa shape index (κ1) is 24.5. The number of carbonyl (C=O) groups is 1. The van der Waals surface area contributed by atoms with Crippen LogP contribution in [-0.2, 0) is 14.8 Å². The molecule has 2 aromatic carbocycles. The second kappa shape index (κ2) is 10.0. The fourth-order valence-corrected chi connectivity index (χ4v) is 4.74. The Morgan fingerprint density at radius 3 is 2.26 bits per heavy atom. The van der Waals surface area contributed by atoms with Gasteiger partial charge < -0.3 is 14.8 Å². The molecule has 0 saturated heterocycles. The van der Waals surface area contributed by atoms with Crippen LogP contribution in [0.2, 0.25) is 0 Å². The highest BCUT2D eigenvalue weighted by molar-refractivity contribution is 7.92. The van der Waals surface area contributed by atoms with Crippen molar-refractivity contribution >= 4 is 21.6 Å². The van der Waals surface area contributed by atoms with Crippen molar-refractivity contribution in [1.29, 1.82) is 0 Å². The minimum Gasteiger partial charge on any atom is -0.493 e. The Morgan fingerprint density at radius 1 is 1.06 bits per heavy atom. The zero-order chi connectivity index (χ0) is 23.3.